The highest BCUT2D eigenvalue weighted by Gasteiger charge is 2.04. The van der Waals surface area contributed by atoms with Crippen molar-refractivity contribution >= 4 is 11.7 Å². The summed E-state index contributed by atoms with van der Waals surface area (Å²) >= 11 is 0. The zero-order valence-electron chi connectivity index (χ0n) is 10.6. The summed E-state index contributed by atoms with van der Waals surface area (Å²) in [5.41, 5.74) is 6.67. The topological polar surface area (TPSA) is 79.4 Å². The molecule has 0 bridgehead atoms. The van der Waals surface area contributed by atoms with E-state index in [0.29, 0.717) is 30.2 Å². The summed E-state index contributed by atoms with van der Waals surface area (Å²) in [7, 11) is 1.35. The van der Waals surface area contributed by atoms with Crippen LogP contribution in [0.1, 0.15) is 10.4 Å². The van der Waals surface area contributed by atoms with Crippen molar-refractivity contribution in [3.63, 3.8) is 0 Å². The van der Waals surface area contributed by atoms with Gasteiger partial charge in [-0.25, -0.2) is 4.79 Å². The van der Waals surface area contributed by atoms with Crippen molar-refractivity contribution in [1.29, 1.82) is 0 Å². The second-order valence-electron chi connectivity index (χ2n) is 3.90. The van der Waals surface area contributed by atoms with Crippen molar-refractivity contribution < 1.29 is 14.3 Å². The minimum Gasteiger partial charge on any atom is -0.492 e. The molecule has 0 atom stereocenters. The maximum atomic E-state index is 11.2. The minimum absolute atomic E-state index is 0.362. The molecule has 19 heavy (non-hydrogen) atoms. The second-order valence-corrected chi connectivity index (χ2v) is 3.90. The molecule has 0 spiro atoms. The Morgan fingerprint density at radius 2 is 2.11 bits per heavy atom. The fraction of sp³-hybridized carbons (Fsp3) is 0.231. The maximum Gasteiger partial charge on any atom is 0.337 e. The van der Waals surface area contributed by atoms with Crippen LogP contribution in [-0.2, 0) is 11.3 Å². The van der Waals surface area contributed by atoms with E-state index in [0.717, 1.165) is 0 Å². The highest BCUT2D eigenvalue weighted by atomic mass is 16.5. The van der Waals surface area contributed by atoms with Gasteiger partial charge in [-0.1, -0.05) is 0 Å². The lowest BCUT2D eigenvalue weighted by atomic mass is 10.2. The van der Waals surface area contributed by atoms with E-state index in [-0.39, 0.29) is 5.97 Å². The lowest BCUT2D eigenvalue weighted by Crippen LogP contribution is -2.08. The summed E-state index contributed by atoms with van der Waals surface area (Å²) in [6.45, 7) is 1.08. The molecule has 2 aromatic rings. The Morgan fingerprint density at radius 1 is 1.37 bits per heavy atom. The molecule has 0 unspecified atom stereocenters. The normalized spacial score (nSPS) is 10.2. The van der Waals surface area contributed by atoms with Gasteiger partial charge in [-0.2, -0.15) is 5.10 Å². The number of rotatable bonds is 5. The van der Waals surface area contributed by atoms with Crippen LogP contribution in [0.5, 0.6) is 5.75 Å². The Bertz CT molecular complexity index is 549. The van der Waals surface area contributed by atoms with Gasteiger partial charge in [0.05, 0.1) is 31.1 Å². The van der Waals surface area contributed by atoms with E-state index in [9.17, 15) is 4.79 Å². The fourth-order valence-corrected chi connectivity index (χ4v) is 1.56. The Hall–Kier alpha value is -2.50. The molecule has 2 rings (SSSR count). The van der Waals surface area contributed by atoms with Crippen molar-refractivity contribution in [2.45, 2.75) is 6.54 Å². The first-order valence-electron chi connectivity index (χ1n) is 5.78. The van der Waals surface area contributed by atoms with E-state index in [4.69, 9.17) is 10.5 Å². The van der Waals surface area contributed by atoms with E-state index in [1.54, 1.807) is 41.3 Å². The summed E-state index contributed by atoms with van der Waals surface area (Å²) in [6, 6.07) is 6.77. The lowest BCUT2D eigenvalue weighted by Gasteiger charge is -2.06. The molecule has 1 aromatic carbocycles. The standard InChI is InChI=1S/C13H15N3O3/c1-18-13(17)10-2-4-12(5-3-10)19-7-6-16-9-11(14)8-15-16/h2-5,8-9H,6-7,14H2,1H3. The average Bonchev–Trinajstić information content (AvgIpc) is 2.84. The third-order valence-electron chi connectivity index (χ3n) is 2.52. The molecule has 2 N–H and O–H groups in total. The lowest BCUT2D eigenvalue weighted by molar-refractivity contribution is 0.0600. The van der Waals surface area contributed by atoms with Crippen molar-refractivity contribution in [3.05, 3.63) is 42.2 Å². The van der Waals surface area contributed by atoms with Gasteiger partial charge in [0.1, 0.15) is 12.4 Å². The smallest absolute Gasteiger partial charge is 0.337 e. The van der Waals surface area contributed by atoms with Gasteiger partial charge in [-0.15, -0.1) is 0 Å². The van der Waals surface area contributed by atoms with Gasteiger partial charge in [0.15, 0.2) is 0 Å². The zero-order chi connectivity index (χ0) is 13.7. The molecule has 0 aliphatic rings. The number of hydrogen-bond acceptors (Lipinski definition) is 5. The quantitative estimate of drug-likeness (QED) is 0.821. The average molecular weight is 261 g/mol. The number of nitrogens with two attached hydrogens (primary N) is 1. The number of anilines is 1. The molecule has 0 fully saturated rings. The molecule has 0 amide bonds. The van der Waals surface area contributed by atoms with Crippen molar-refractivity contribution in [3.8, 4) is 5.75 Å². The van der Waals surface area contributed by atoms with Crippen LogP contribution >= 0.6 is 0 Å². The molecular formula is C13H15N3O3. The number of hydrogen-bond donors (Lipinski definition) is 1. The van der Waals surface area contributed by atoms with Crippen LogP contribution in [0.15, 0.2) is 36.7 Å². The van der Waals surface area contributed by atoms with Crippen LogP contribution in [0.3, 0.4) is 0 Å². The van der Waals surface area contributed by atoms with Crippen molar-refractivity contribution in [2.75, 3.05) is 19.5 Å². The number of benzene rings is 1. The Labute approximate surface area is 110 Å². The largest absolute Gasteiger partial charge is 0.492 e. The van der Waals surface area contributed by atoms with Crippen LogP contribution in [0, 0.1) is 0 Å². The van der Waals surface area contributed by atoms with E-state index in [1.165, 1.54) is 7.11 Å². The molecule has 6 nitrogen and oxygen atoms in total. The number of nitrogen functional groups attached to an aromatic ring is 1. The van der Waals surface area contributed by atoms with Crippen molar-refractivity contribution in [1.82, 2.24) is 9.78 Å². The predicted molar refractivity (Wildman–Crippen MR) is 69.9 cm³/mol. The van der Waals surface area contributed by atoms with E-state index < -0.39 is 0 Å². The molecule has 1 heterocycles. The van der Waals surface area contributed by atoms with Gasteiger partial charge < -0.3 is 15.2 Å². The SMILES string of the molecule is COC(=O)c1ccc(OCCn2cc(N)cn2)cc1. The monoisotopic (exact) mass is 261 g/mol. The summed E-state index contributed by atoms with van der Waals surface area (Å²) in [6.07, 6.45) is 3.33. The number of methoxy groups -OCH3 is 1. The maximum absolute atomic E-state index is 11.2. The van der Waals surface area contributed by atoms with Crippen LogP contribution in [0.2, 0.25) is 0 Å². The van der Waals surface area contributed by atoms with Gasteiger partial charge >= 0.3 is 5.97 Å². The Morgan fingerprint density at radius 3 is 2.68 bits per heavy atom. The van der Waals surface area contributed by atoms with E-state index in [2.05, 4.69) is 9.84 Å². The first-order valence-corrected chi connectivity index (χ1v) is 5.78. The molecule has 0 aliphatic carbocycles. The predicted octanol–water partition coefficient (Wildman–Crippen LogP) is 1.33. The molecule has 6 heteroatoms. The first-order chi connectivity index (χ1) is 9.19. The summed E-state index contributed by atoms with van der Waals surface area (Å²) < 4.78 is 11.9. The minimum atomic E-state index is -0.362. The van der Waals surface area contributed by atoms with Crippen molar-refractivity contribution in [2.24, 2.45) is 0 Å². The van der Waals surface area contributed by atoms with Gasteiger partial charge in [-0.3, -0.25) is 4.68 Å². The molecule has 0 saturated heterocycles. The summed E-state index contributed by atoms with van der Waals surface area (Å²) in [4.78, 5) is 11.2. The van der Waals surface area contributed by atoms with Gasteiger partial charge in [0, 0.05) is 6.20 Å². The van der Waals surface area contributed by atoms with Gasteiger partial charge in [0.2, 0.25) is 0 Å². The molecule has 0 radical (unpaired) electrons. The van der Waals surface area contributed by atoms with E-state index >= 15 is 0 Å². The molecule has 0 saturated carbocycles. The summed E-state index contributed by atoms with van der Waals surface area (Å²) in [5, 5.41) is 4.05. The number of carbonyl (C=O) groups is 1. The third kappa shape index (κ3) is 3.48. The number of aromatic nitrogens is 2. The van der Waals surface area contributed by atoms with Crippen LogP contribution < -0.4 is 10.5 Å². The van der Waals surface area contributed by atoms with Crippen LogP contribution in [0.4, 0.5) is 5.69 Å². The van der Waals surface area contributed by atoms with Gasteiger partial charge in [-0.05, 0) is 24.3 Å². The highest BCUT2D eigenvalue weighted by molar-refractivity contribution is 5.89. The third-order valence-corrected chi connectivity index (χ3v) is 2.52. The molecule has 0 aliphatic heterocycles. The second kappa shape index (κ2) is 5.90. The fourth-order valence-electron chi connectivity index (χ4n) is 1.56. The van der Waals surface area contributed by atoms with Crippen LogP contribution in [-0.4, -0.2) is 29.5 Å². The number of esters is 1. The Kier molecular flexibility index (Phi) is 4.02. The number of nitrogens with zero attached hydrogens (tertiary/aromatic N) is 2. The van der Waals surface area contributed by atoms with Gasteiger partial charge in [0.25, 0.3) is 0 Å². The molecule has 1 aromatic heterocycles. The van der Waals surface area contributed by atoms with E-state index in [1.807, 2.05) is 0 Å². The molecule has 100 valence electrons. The molecular weight excluding hydrogens is 246 g/mol. The number of ether oxygens (including phenoxy) is 2. The zero-order valence-corrected chi connectivity index (χ0v) is 10.6. The number of carbonyl (C=O) groups excluding carboxylic acids is 1. The highest BCUT2D eigenvalue weighted by Crippen LogP contribution is 2.12. The summed E-state index contributed by atoms with van der Waals surface area (Å²) in [5.74, 6) is 0.325. The van der Waals surface area contributed by atoms with Crippen LogP contribution in [0.25, 0.3) is 0 Å². The first kappa shape index (κ1) is 12.9. The Balaban J connectivity index is 1.84.